The zero-order valence-corrected chi connectivity index (χ0v) is 21.7. The summed E-state index contributed by atoms with van der Waals surface area (Å²) < 4.78 is 2.41. The van der Waals surface area contributed by atoms with Crippen LogP contribution in [-0.2, 0) is 0 Å². The molecular formula is C27H60N2+2. The normalized spacial score (nSPS) is 12.6. The highest BCUT2D eigenvalue weighted by Crippen LogP contribution is 2.13. The second-order valence-corrected chi connectivity index (χ2v) is 11.1. The Morgan fingerprint density at radius 3 is 0.828 bits per heavy atom. The second kappa shape index (κ2) is 18.7. The molecule has 0 rings (SSSR count). The molecule has 0 N–H and O–H groups in total. The summed E-state index contributed by atoms with van der Waals surface area (Å²) in [7, 11) is 9.78. The molecule has 0 amide bonds. The Balaban J connectivity index is 3.67. The predicted molar refractivity (Wildman–Crippen MR) is 134 cm³/mol. The van der Waals surface area contributed by atoms with Gasteiger partial charge in [0, 0.05) is 0 Å². The van der Waals surface area contributed by atoms with Gasteiger partial charge in [-0.3, -0.25) is 0 Å². The molecule has 0 aromatic carbocycles. The molecule has 176 valence electrons. The highest BCUT2D eigenvalue weighted by atomic mass is 15.4. The van der Waals surface area contributed by atoms with Crippen molar-refractivity contribution in [3.8, 4) is 0 Å². The fourth-order valence-corrected chi connectivity index (χ4v) is 4.29. The Bertz CT molecular complexity index is 335. The van der Waals surface area contributed by atoms with E-state index in [9.17, 15) is 0 Å². The summed E-state index contributed by atoms with van der Waals surface area (Å²) in [6.45, 7) is 9.95. The van der Waals surface area contributed by atoms with E-state index in [-0.39, 0.29) is 0 Å². The molecule has 0 aromatic heterocycles. The van der Waals surface area contributed by atoms with Gasteiger partial charge in [0.25, 0.3) is 0 Å². The molecule has 0 aromatic rings. The summed E-state index contributed by atoms with van der Waals surface area (Å²) in [6.07, 6.45) is 24.4. The van der Waals surface area contributed by atoms with Crippen molar-refractivity contribution in [2.24, 2.45) is 0 Å². The molecule has 0 aliphatic heterocycles. The molecule has 0 aliphatic rings. The fourth-order valence-electron chi connectivity index (χ4n) is 4.29. The smallest absolute Gasteiger partial charge is 0.128 e. The van der Waals surface area contributed by atoms with Crippen molar-refractivity contribution in [2.45, 2.75) is 123 Å². The van der Waals surface area contributed by atoms with Gasteiger partial charge in [0.2, 0.25) is 0 Å². The molecular weight excluding hydrogens is 352 g/mol. The van der Waals surface area contributed by atoms with Gasteiger partial charge < -0.3 is 8.97 Å². The van der Waals surface area contributed by atoms with E-state index in [2.05, 4.69) is 42.0 Å². The van der Waals surface area contributed by atoms with Crippen molar-refractivity contribution >= 4 is 0 Å². The lowest BCUT2D eigenvalue weighted by Gasteiger charge is -2.36. The van der Waals surface area contributed by atoms with E-state index in [1.165, 1.54) is 144 Å². The van der Waals surface area contributed by atoms with Crippen LogP contribution < -0.4 is 0 Å². The van der Waals surface area contributed by atoms with Gasteiger partial charge in [-0.15, -0.1) is 0 Å². The van der Waals surface area contributed by atoms with Crippen molar-refractivity contribution < 1.29 is 8.97 Å². The summed E-state index contributed by atoms with van der Waals surface area (Å²) in [5, 5.41) is 0. The Labute approximate surface area is 186 Å². The third kappa shape index (κ3) is 21.0. The Hall–Kier alpha value is -0.0800. The Morgan fingerprint density at radius 2 is 0.552 bits per heavy atom. The highest BCUT2D eigenvalue weighted by Gasteiger charge is 2.22. The van der Waals surface area contributed by atoms with Gasteiger partial charge in [-0.25, -0.2) is 0 Å². The van der Waals surface area contributed by atoms with Crippen LogP contribution in [0.15, 0.2) is 0 Å². The first kappa shape index (κ1) is 28.9. The molecule has 2 nitrogen and oxygen atoms in total. The fraction of sp³-hybridized carbons (Fsp3) is 1.00. The van der Waals surface area contributed by atoms with Gasteiger partial charge in [-0.05, 0) is 25.7 Å². The molecule has 0 aliphatic carbocycles. The van der Waals surface area contributed by atoms with E-state index in [0.29, 0.717) is 0 Å². The third-order valence-corrected chi connectivity index (χ3v) is 6.79. The quantitative estimate of drug-likeness (QED) is 0.126. The van der Waals surface area contributed by atoms with Gasteiger partial charge in [-0.2, -0.15) is 0 Å². The standard InChI is InChI=1S/C27H60N2/c1-7-9-11-13-15-17-19-21-23-25-29(5,6)27-26-28(3,4)24-22-20-18-16-14-12-10-8-2/h7-27H2,1-6H3/q+2. The van der Waals surface area contributed by atoms with Crippen molar-refractivity contribution in [2.75, 3.05) is 54.4 Å². The van der Waals surface area contributed by atoms with Crippen LogP contribution in [0.1, 0.15) is 123 Å². The zero-order chi connectivity index (χ0) is 21.8. The maximum Gasteiger partial charge on any atom is 0.128 e. The maximum atomic E-state index is 2.45. The highest BCUT2D eigenvalue weighted by molar-refractivity contribution is 4.49. The molecule has 0 radical (unpaired) electrons. The average Bonchev–Trinajstić information content (AvgIpc) is 2.67. The van der Waals surface area contributed by atoms with Crippen LogP contribution in [0, 0.1) is 0 Å². The summed E-state index contributed by atoms with van der Waals surface area (Å²) in [5.41, 5.74) is 0. The summed E-state index contributed by atoms with van der Waals surface area (Å²) >= 11 is 0. The molecule has 29 heavy (non-hydrogen) atoms. The van der Waals surface area contributed by atoms with Gasteiger partial charge in [0.05, 0.1) is 41.3 Å². The number of unbranched alkanes of at least 4 members (excludes halogenated alkanes) is 15. The first-order chi connectivity index (χ1) is 13.8. The van der Waals surface area contributed by atoms with Crippen molar-refractivity contribution in [1.29, 1.82) is 0 Å². The minimum absolute atomic E-state index is 1.20. The lowest BCUT2D eigenvalue weighted by molar-refractivity contribution is -0.946. The van der Waals surface area contributed by atoms with Gasteiger partial charge in [0.15, 0.2) is 0 Å². The predicted octanol–water partition coefficient (Wildman–Crippen LogP) is 7.81. The van der Waals surface area contributed by atoms with Crippen LogP contribution in [0.3, 0.4) is 0 Å². The number of hydrogen-bond donors (Lipinski definition) is 0. The Kier molecular flexibility index (Phi) is 18.6. The molecule has 0 fully saturated rings. The van der Waals surface area contributed by atoms with Gasteiger partial charge in [0.1, 0.15) is 13.1 Å². The number of likely N-dealkylation sites (N-methyl/N-ethyl adjacent to an activating group) is 2. The zero-order valence-electron chi connectivity index (χ0n) is 21.7. The molecule has 0 saturated heterocycles. The van der Waals surface area contributed by atoms with E-state index in [1.54, 1.807) is 0 Å². The van der Waals surface area contributed by atoms with E-state index in [1.807, 2.05) is 0 Å². The van der Waals surface area contributed by atoms with E-state index < -0.39 is 0 Å². The second-order valence-electron chi connectivity index (χ2n) is 11.1. The first-order valence-corrected chi connectivity index (χ1v) is 13.5. The lowest BCUT2D eigenvalue weighted by atomic mass is 10.1. The Morgan fingerprint density at radius 1 is 0.310 bits per heavy atom. The van der Waals surface area contributed by atoms with Crippen LogP contribution in [0.2, 0.25) is 0 Å². The molecule has 0 bridgehead atoms. The summed E-state index contributed by atoms with van der Waals surface area (Å²) in [5.74, 6) is 0. The van der Waals surface area contributed by atoms with E-state index in [4.69, 9.17) is 0 Å². The van der Waals surface area contributed by atoms with Crippen LogP contribution in [0.25, 0.3) is 0 Å². The first-order valence-electron chi connectivity index (χ1n) is 13.5. The average molecular weight is 413 g/mol. The summed E-state index contributed by atoms with van der Waals surface area (Å²) in [6, 6.07) is 0. The number of quaternary nitrogens is 2. The molecule has 0 atom stereocenters. The molecule has 0 unspecified atom stereocenters. The van der Waals surface area contributed by atoms with Crippen LogP contribution in [0.4, 0.5) is 0 Å². The van der Waals surface area contributed by atoms with Crippen LogP contribution in [-0.4, -0.2) is 63.3 Å². The molecule has 0 heterocycles. The minimum Gasteiger partial charge on any atom is -0.324 e. The van der Waals surface area contributed by atoms with E-state index in [0.717, 1.165) is 0 Å². The largest absolute Gasteiger partial charge is 0.324 e. The monoisotopic (exact) mass is 412 g/mol. The third-order valence-electron chi connectivity index (χ3n) is 6.79. The van der Waals surface area contributed by atoms with Crippen LogP contribution in [0.5, 0.6) is 0 Å². The van der Waals surface area contributed by atoms with Crippen molar-refractivity contribution in [3.63, 3.8) is 0 Å². The van der Waals surface area contributed by atoms with Gasteiger partial charge >= 0.3 is 0 Å². The minimum atomic E-state index is 1.20. The maximum absolute atomic E-state index is 2.45. The number of nitrogens with zero attached hydrogens (tertiary/aromatic N) is 2. The SMILES string of the molecule is CCCCCCCCCCC[N+](C)(C)CC[N+](C)(C)CCCCCCCCCC. The number of hydrogen-bond acceptors (Lipinski definition) is 0. The van der Waals surface area contributed by atoms with Gasteiger partial charge in [-0.1, -0.05) is 97.3 Å². The lowest BCUT2D eigenvalue weighted by Crippen LogP contribution is -2.51. The summed E-state index contributed by atoms with van der Waals surface area (Å²) in [4.78, 5) is 0. The molecule has 0 spiro atoms. The number of rotatable bonds is 22. The topological polar surface area (TPSA) is 0 Å². The van der Waals surface area contributed by atoms with E-state index >= 15 is 0 Å². The van der Waals surface area contributed by atoms with Crippen molar-refractivity contribution in [3.05, 3.63) is 0 Å². The molecule has 0 saturated carbocycles. The molecule has 2 heteroatoms. The van der Waals surface area contributed by atoms with Crippen molar-refractivity contribution in [1.82, 2.24) is 0 Å². The van der Waals surface area contributed by atoms with Crippen LogP contribution >= 0.6 is 0 Å².